The van der Waals surface area contributed by atoms with Gasteiger partial charge in [-0.15, -0.1) is 0 Å². The third kappa shape index (κ3) is 5.30. The number of hydrogen-bond donors (Lipinski definition) is 2. The molecule has 2 saturated heterocycles. The van der Waals surface area contributed by atoms with Gasteiger partial charge in [0, 0.05) is 62.5 Å². The van der Waals surface area contributed by atoms with Gasteiger partial charge in [0.2, 0.25) is 0 Å². The molecule has 2 aromatic heterocycles. The van der Waals surface area contributed by atoms with E-state index in [9.17, 15) is 4.79 Å². The van der Waals surface area contributed by atoms with Crippen LogP contribution in [0.4, 0.5) is 5.69 Å². The van der Waals surface area contributed by atoms with Gasteiger partial charge in [-0.25, -0.2) is 4.98 Å². The summed E-state index contributed by atoms with van der Waals surface area (Å²) in [6, 6.07) is 14.2. The van der Waals surface area contributed by atoms with Gasteiger partial charge >= 0.3 is 0 Å². The van der Waals surface area contributed by atoms with Crippen LogP contribution in [0.15, 0.2) is 42.5 Å². The molecule has 3 N–H and O–H groups in total. The monoisotopic (exact) mass is 528 g/mol. The topological polar surface area (TPSA) is 100.0 Å². The fraction of sp³-hybridized carbons (Fsp3) is 0.400. The largest absolute Gasteiger partial charge is 0.492 e. The molecular formula is C30H36N6O3. The van der Waals surface area contributed by atoms with Crippen molar-refractivity contribution in [1.29, 1.82) is 0 Å². The summed E-state index contributed by atoms with van der Waals surface area (Å²) in [4.78, 5) is 28.0. The Balaban J connectivity index is 1.28. The average Bonchev–Trinajstić information content (AvgIpc) is 3.32. The van der Waals surface area contributed by atoms with Crippen molar-refractivity contribution in [1.82, 2.24) is 19.8 Å². The zero-order valence-electron chi connectivity index (χ0n) is 22.7. The highest BCUT2D eigenvalue weighted by molar-refractivity contribution is 6.14. The van der Waals surface area contributed by atoms with E-state index in [2.05, 4.69) is 51.0 Å². The van der Waals surface area contributed by atoms with Crippen LogP contribution >= 0.6 is 0 Å². The number of carbonyl (C=O) groups excluding carboxylic acids is 1. The Morgan fingerprint density at radius 3 is 2.59 bits per heavy atom. The predicted molar refractivity (Wildman–Crippen MR) is 155 cm³/mol. The third-order valence-electron chi connectivity index (χ3n) is 7.91. The van der Waals surface area contributed by atoms with Gasteiger partial charge in [-0.1, -0.05) is 0 Å². The molecule has 0 saturated carbocycles. The molecule has 6 rings (SSSR count). The number of rotatable bonds is 7. The van der Waals surface area contributed by atoms with Crippen LogP contribution in [0.5, 0.6) is 5.75 Å². The van der Waals surface area contributed by atoms with Crippen molar-refractivity contribution in [3.05, 3.63) is 53.6 Å². The van der Waals surface area contributed by atoms with Crippen molar-refractivity contribution < 1.29 is 14.3 Å². The highest BCUT2D eigenvalue weighted by Crippen LogP contribution is 2.33. The van der Waals surface area contributed by atoms with Crippen LogP contribution in [0.1, 0.15) is 15.9 Å². The number of likely N-dealkylation sites (N-methyl/N-ethyl adjacent to an activating group) is 1. The number of hydrogen-bond acceptors (Lipinski definition) is 7. The van der Waals surface area contributed by atoms with E-state index in [1.54, 1.807) is 6.07 Å². The van der Waals surface area contributed by atoms with Gasteiger partial charge in [0.15, 0.2) is 0 Å². The fourth-order valence-electron chi connectivity index (χ4n) is 5.53. The lowest BCUT2D eigenvalue weighted by Gasteiger charge is -2.34. The molecule has 0 unspecified atom stereocenters. The van der Waals surface area contributed by atoms with Crippen LogP contribution in [0.3, 0.4) is 0 Å². The van der Waals surface area contributed by atoms with Crippen LogP contribution in [0.25, 0.3) is 33.2 Å². The summed E-state index contributed by atoms with van der Waals surface area (Å²) in [5.41, 5.74) is 12.5. The highest BCUT2D eigenvalue weighted by Gasteiger charge is 2.19. The zero-order chi connectivity index (χ0) is 26.9. The Kier molecular flexibility index (Phi) is 7.12. The maximum Gasteiger partial charge on any atom is 0.250 e. The van der Waals surface area contributed by atoms with Crippen molar-refractivity contribution in [3.8, 4) is 17.0 Å². The Morgan fingerprint density at radius 1 is 1.05 bits per heavy atom. The number of ether oxygens (including phenoxy) is 2. The van der Waals surface area contributed by atoms with Gasteiger partial charge in [-0.05, 0) is 62.0 Å². The van der Waals surface area contributed by atoms with E-state index in [1.165, 1.54) is 5.69 Å². The maximum absolute atomic E-state index is 12.5. The molecular weight excluding hydrogens is 492 g/mol. The Hall–Kier alpha value is -3.66. The first-order valence-corrected chi connectivity index (χ1v) is 13.7. The van der Waals surface area contributed by atoms with Crippen LogP contribution < -0.4 is 15.4 Å². The predicted octanol–water partition coefficient (Wildman–Crippen LogP) is 3.25. The summed E-state index contributed by atoms with van der Waals surface area (Å²) >= 11 is 0. The Morgan fingerprint density at radius 2 is 1.85 bits per heavy atom. The molecule has 2 aliphatic heterocycles. The molecule has 0 aliphatic carbocycles. The Bertz CT molecular complexity index is 1500. The molecule has 4 aromatic rings. The number of nitrogens with one attached hydrogen (secondary N) is 1. The van der Waals surface area contributed by atoms with Crippen LogP contribution in [0, 0.1) is 6.92 Å². The summed E-state index contributed by atoms with van der Waals surface area (Å²) in [5.74, 6) is 0.376. The molecule has 0 spiro atoms. The summed E-state index contributed by atoms with van der Waals surface area (Å²) in [5, 5.41) is 0.979. The number of nitrogens with zero attached hydrogens (tertiary/aromatic N) is 4. The lowest BCUT2D eigenvalue weighted by molar-refractivity contribution is 0.0322. The lowest BCUT2D eigenvalue weighted by Crippen LogP contribution is -2.44. The first kappa shape index (κ1) is 25.6. The number of piperazine rings is 1. The molecule has 4 heterocycles. The standard InChI is InChI=1S/C30H36N6O3/c1-20-17-21(3-6-27(20)39-16-13-35-11-14-38-15-12-35)25-19-24(30(31)37)29-28(32-25)23-5-4-22(18-26(23)33-29)36-9-7-34(2)8-10-36/h3-6,17-19,33H,7-16H2,1-2H3,(H2,31,37). The Labute approximate surface area is 228 Å². The van der Waals surface area contributed by atoms with Crippen LogP contribution in [0.2, 0.25) is 0 Å². The number of primary amides is 1. The number of nitrogens with two attached hydrogens (primary N) is 1. The van der Waals surface area contributed by atoms with Crippen molar-refractivity contribution in [2.45, 2.75) is 6.92 Å². The summed E-state index contributed by atoms with van der Waals surface area (Å²) < 4.78 is 11.5. The minimum absolute atomic E-state index is 0.441. The summed E-state index contributed by atoms with van der Waals surface area (Å²) in [7, 11) is 2.15. The highest BCUT2D eigenvalue weighted by atomic mass is 16.5. The molecule has 0 radical (unpaired) electrons. The second kappa shape index (κ2) is 10.8. The first-order valence-electron chi connectivity index (χ1n) is 13.7. The van der Waals surface area contributed by atoms with E-state index >= 15 is 0 Å². The van der Waals surface area contributed by atoms with E-state index in [-0.39, 0.29) is 0 Å². The van der Waals surface area contributed by atoms with Gasteiger partial charge < -0.3 is 30.0 Å². The summed E-state index contributed by atoms with van der Waals surface area (Å²) in [6.45, 7) is 11.1. The molecule has 1 amide bonds. The lowest BCUT2D eigenvalue weighted by atomic mass is 10.0. The fourth-order valence-corrected chi connectivity index (χ4v) is 5.53. The van der Waals surface area contributed by atoms with Crippen molar-refractivity contribution >= 4 is 33.5 Å². The molecule has 0 atom stereocenters. The number of aromatic nitrogens is 2. The minimum Gasteiger partial charge on any atom is -0.492 e. The molecule has 2 fully saturated rings. The maximum atomic E-state index is 12.5. The molecule has 204 valence electrons. The number of aryl methyl sites for hydroxylation is 1. The molecule has 9 heteroatoms. The van der Waals surface area contributed by atoms with Gasteiger partial charge in [0.1, 0.15) is 12.4 Å². The van der Waals surface area contributed by atoms with Gasteiger partial charge in [0.05, 0.1) is 41.0 Å². The smallest absolute Gasteiger partial charge is 0.250 e. The molecule has 2 aromatic carbocycles. The average molecular weight is 529 g/mol. The number of carbonyl (C=O) groups is 1. The van der Waals surface area contributed by atoms with Crippen molar-refractivity contribution in [2.75, 3.05) is 77.6 Å². The zero-order valence-corrected chi connectivity index (χ0v) is 22.7. The molecule has 9 nitrogen and oxygen atoms in total. The van der Waals surface area contributed by atoms with Crippen molar-refractivity contribution in [2.24, 2.45) is 5.73 Å². The van der Waals surface area contributed by atoms with Crippen LogP contribution in [-0.2, 0) is 4.74 Å². The first-order chi connectivity index (χ1) is 19.0. The van der Waals surface area contributed by atoms with E-state index < -0.39 is 5.91 Å². The van der Waals surface area contributed by atoms with Crippen LogP contribution in [-0.4, -0.2) is 98.4 Å². The number of benzene rings is 2. The second-order valence-corrected chi connectivity index (χ2v) is 10.6. The second-order valence-electron chi connectivity index (χ2n) is 10.6. The molecule has 0 bridgehead atoms. The SMILES string of the molecule is Cc1cc(-c2cc(C(N)=O)c3[nH]c4cc(N5CCN(C)CC5)ccc4c3n2)ccc1OCCN1CCOCC1. The summed E-state index contributed by atoms with van der Waals surface area (Å²) in [6.07, 6.45) is 0. The number of anilines is 1. The van der Waals surface area contributed by atoms with E-state index in [0.29, 0.717) is 23.4 Å². The molecule has 2 aliphatic rings. The number of amides is 1. The normalized spacial score (nSPS) is 17.2. The van der Waals surface area contributed by atoms with E-state index in [1.807, 2.05) is 19.1 Å². The number of aromatic amines is 1. The van der Waals surface area contributed by atoms with Crippen molar-refractivity contribution in [3.63, 3.8) is 0 Å². The number of H-pyrrole nitrogens is 1. The van der Waals surface area contributed by atoms with Gasteiger partial charge in [0.25, 0.3) is 5.91 Å². The number of morpholine rings is 1. The van der Waals surface area contributed by atoms with E-state index in [0.717, 1.165) is 92.3 Å². The van der Waals surface area contributed by atoms with E-state index in [4.69, 9.17) is 20.2 Å². The van der Waals surface area contributed by atoms with Gasteiger partial charge in [-0.2, -0.15) is 0 Å². The third-order valence-corrected chi connectivity index (χ3v) is 7.91. The number of pyridine rings is 1. The quantitative estimate of drug-likeness (QED) is 0.380. The number of fused-ring (bicyclic) bond motifs is 3. The molecule has 39 heavy (non-hydrogen) atoms. The minimum atomic E-state index is -0.478. The van der Waals surface area contributed by atoms with Gasteiger partial charge in [-0.3, -0.25) is 9.69 Å².